The summed E-state index contributed by atoms with van der Waals surface area (Å²) in [5.41, 5.74) is 0.929. The smallest absolute Gasteiger partial charge is 0.339 e. The Labute approximate surface area is 113 Å². The first-order chi connectivity index (χ1) is 8.60. The van der Waals surface area contributed by atoms with Gasteiger partial charge in [0.05, 0.1) is 12.7 Å². The van der Waals surface area contributed by atoms with Gasteiger partial charge < -0.3 is 15.4 Å². The molecule has 1 aromatic rings. The van der Waals surface area contributed by atoms with Gasteiger partial charge in [0.25, 0.3) is 0 Å². The van der Waals surface area contributed by atoms with Gasteiger partial charge in [0, 0.05) is 16.2 Å². The fourth-order valence-corrected chi connectivity index (χ4v) is 1.86. The zero-order valence-electron chi connectivity index (χ0n) is 9.83. The molecule has 0 unspecified atom stereocenters. The standard InChI is InChI=1S/C12H13BrN2O3/c1-18-11(16)9-6-8(4-5-10(9)13)15-12(17)14-7-2-3-7/h4-7H,2-3H2,1H3,(H2,14,15,17). The van der Waals surface area contributed by atoms with Gasteiger partial charge in [-0.05, 0) is 47.0 Å². The number of hydrogen-bond acceptors (Lipinski definition) is 3. The van der Waals surface area contributed by atoms with Gasteiger partial charge in [-0.15, -0.1) is 0 Å². The largest absolute Gasteiger partial charge is 0.465 e. The van der Waals surface area contributed by atoms with Crippen molar-refractivity contribution >= 4 is 33.6 Å². The number of hydrogen-bond donors (Lipinski definition) is 2. The van der Waals surface area contributed by atoms with Gasteiger partial charge in [0.2, 0.25) is 0 Å². The van der Waals surface area contributed by atoms with Crippen LogP contribution in [-0.4, -0.2) is 25.2 Å². The van der Waals surface area contributed by atoms with E-state index in [4.69, 9.17) is 0 Å². The fourth-order valence-electron chi connectivity index (χ4n) is 1.45. The predicted octanol–water partition coefficient (Wildman–Crippen LogP) is 2.52. The number of halogens is 1. The topological polar surface area (TPSA) is 67.4 Å². The van der Waals surface area contributed by atoms with E-state index in [1.54, 1.807) is 18.2 Å². The molecular formula is C12H13BrN2O3. The molecule has 0 atom stereocenters. The van der Waals surface area contributed by atoms with Crippen molar-refractivity contribution in [1.82, 2.24) is 5.32 Å². The molecule has 6 heteroatoms. The number of rotatable bonds is 3. The average molecular weight is 313 g/mol. The van der Waals surface area contributed by atoms with E-state index >= 15 is 0 Å². The lowest BCUT2D eigenvalue weighted by Crippen LogP contribution is -2.30. The molecule has 0 aliphatic heterocycles. The second-order valence-electron chi connectivity index (χ2n) is 4.06. The molecule has 0 heterocycles. The van der Waals surface area contributed by atoms with Crippen molar-refractivity contribution in [1.29, 1.82) is 0 Å². The molecule has 5 nitrogen and oxygen atoms in total. The predicted molar refractivity (Wildman–Crippen MR) is 70.7 cm³/mol. The lowest BCUT2D eigenvalue weighted by atomic mass is 10.2. The van der Waals surface area contributed by atoms with Crippen molar-refractivity contribution in [2.75, 3.05) is 12.4 Å². The van der Waals surface area contributed by atoms with E-state index in [9.17, 15) is 9.59 Å². The third-order valence-corrected chi connectivity index (χ3v) is 3.23. The molecule has 0 aromatic heterocycles. The number of methoxy groups -OCH3 is 1. The highest BCUT2D eigenvalue weighted by atomic mass is 79.9. The van der Waals surface area contributed by atoms with Crippen LogP contribution in [0, 0.1) is 0 Å². The third kappa shape index (κ3) is 3.22. The van der Waals surface area contributed by atoms with Gasteiger partial charge >= 0.3 is 12.0 Å². The van der Waals surface area contributed by atoms with Crippen molar-refractivity contribution in [3.63, 3.8) is 0 Å². The van der Waals surface area contributed by atoms with Gasteiger partial charge in [0.15, 0.2) is 0 Å². The minimum Gasteiger partial charge on any atom is -0.465 e. The van der Waals surface area contributed by atoms with E-state index in [-0.39, 0.29) is 6.03 Å². The fraction of sp³-hybridized carbons (Fsp3) is 0.333. The number of esters is 1. The molecule has 1 aliphatic carbocycles. The molecule has 1 saturated carbocycles. The minimum absolute atomic E-state index is 0.254. The highest BCUT2D eigenvalue weighted by Gasteiger charge is 2.23. The van der Waals surface area contributed by atoms with Crippen LogP contribution in [0.2, 0.25) is 0 Å². The first kappa shape index (κ1) is 12.9. The highest BCUT2D eigenvalue weighted by molar-refractivity contribution is 9.10. The Balaban J connectivity index is 2.08. The van der Waals surface area contributed by atoms with Crippen LogP contribution in [0.1, 0.15) is 23.2 Å². The summed E-state index contributed by atoms with van der Waals surface area (Å²) in [4.78, 5) is 23.0. The highest BCUT2D eigenvalue weighted by Crippen LogP contribution is 2.22. The monoisotopic (exact) mass is 312 g/mol. The normalized spacial score (nSPS) is 13.9. The molecule has 0 spiro atoms. The number of anilines is 1. The molecular weight excluding hydrogens is 300 g/mol. The summed E-state index contributed by atoms with van der Waals surface area (Å²) >= 11 is 3.26. The van der Waals surface area contributed by atoms with Gasteiger partial charge in [-0.1, -0.05) is 0 Å². The molecule has 1 fully saturated rings. The number of carbonyl (C=O) groups excluding carboxylic acids is 2. The summed E-state index contributed by atoms with van der Waals surface area (Å²) in [6.45, 7) is 0. The van der Waals surface area contributed by atoms with Crippen LogP contribution in [-0.2, 0) is 4.74 Å². The van der Waals surface area contributed by atoms with Crippen molar-refractivity contribution in [2.45, 2.75) is 18.9 Å². The van der Waals surface area contributed by atoms with Gasteiger partial charge in [0.1, 0.15) is 0 Å². The second-order valence-corrected chi connectivity index (χ2v) is 4.91. The Morgan fingerprint density at radius 3 is 2.72 bits per heavy atom. The third-order valence-electron chi connectivity index (χ3n) is 2.54. The van der Waals surface area contributed by atoms with Crippen LogP contribution in [0.5, 0.6) is 0 Å². The molecule has 2 N–H and O–H groups in total. The molecule has 18 heavy (non-hydrogen) atoms. The Bertz CT molecular complexity index is 486. The van der Waals surface area contributed by atoms with Crippen LogP contribution in [0.3, 0.4) is 0 Å². The van der Waals surface area contributed by atoms with Crippen molar-refractivity contribution in [2.24, 2.45) is 0 Å². The first-order valence-electron chi connectivity index (χ1n) is 5.55. The maximum absolute atomic E-state index is 11.5. The molecule has 2 amide bonds. The summed E-state index contributed by atoms with van der Waals surface area (Å²) in [5.74, 6) is -0.451. The Kier molecular flexibility index (Phi) is 3.86. The van der Waals surface area contributed by atoms with Crippen molar-refractivity contribution in [3.8, 4) is 0 Å². The number of benzene rings is 1. The van der Waals surface area contributed by atoms with Crippen LogP contribution in [0.15, 0.2) is 22.7 Å². The number of amides is 2. The van der Waals surface area contributed by atoms with Crippen molar-refractivity contribution in [3.05, 3.63) is 28.2 Å². The van der Waals surface area contributed by atoms with E-state index in [0.29, 0.717) is 21.8 Å². The van der Waals surface area contributed by atoms with Crippen LogP contribution in [0.4, 0.5) is 10.5 Å². The number of ether oxygens (including phenoxy) is 1. The SMILES string of the molecule is COC(=O)c1cc(NC(=O)NC2CC2)ccc1Br. The van der Waals surface area contributed by atoms with Gasteiger partial charge in [-0.3, -0.25) is 0 Å². The molecule has 1 aliphatic rings. The van der Waals surface area contributed by atoms with E-state index < -0.39 is 5.97 Å². The van der Waals surface area contributed by atoms with Crippen LogP contribution in [0.25, 0.3) is 0 Å². The number of carbonyl (C=O) groups is 2. The maximum atomic E-state index is 11.5. The zero-order chi connectivity index (χ0) is 13.1. The summed E-state index contributed by atoms with van der Waals surface area (Å²) < 4.78 is 5.28. The Morgan fingerprint density at radius 2 is 2.11 bits per heavy atom. The molecule has 1 aromatic carbocycles. The lowest BCUT2D eigenvalue weighted by molar-refractivity contribution is 0.0599. The molecule has 96 valence electrons. The molecule has 0 bridgehead atoms. The summed E-state index contributed by atoms with van der Waals surface area (Å²) in [6, 6.07) is 5.01. The van der Waals surface area contributed by atoms with E-state index in [2.05, 4.69) is 31.3 Å². The number of urea groups is 1. The van der Waals surface area contributed by atoms with Crippen LogP contribution < -0.4 is 10.6 Å². The Morgan fingerprint density at radius 1 is 1.39 bits per heavy atom. The van der Waals surface area contributed by atoms with Gasteiger partial charge in [-0.2, -0.15) is 0 Å². The van der Waals surface area contributed by atoms with E-state index in [1.807, 2.05) is 0 Å². The summed E-state index contributed by atoms with van der Waals surface area (Å²) in [6.07, 6.45) is 2.06. The van der Waals surface area contributed by atoms with E-state index in [0.717, 1.165) is 12.8 Å². The molecule has 0 saturated heterocycles. The zero-order valence-corrected chi connectivity index (χ0v) is 11.4. The average Bonchev–Trinajstić information content (AvgIpc) is 3.14. The summed E-state index contributed by atoms with van der Waals surface area (Å²) in [5, 5.41) is 5.48. The summed E-state index contributed by atoms with van der Waals surface area (Å²) in [7, 11) is 1.31. The first-order valence-corrected chi connectivity index (χ1v) is 6.35. The second kappa shape index (κ2) is 5.39. The van der Waals surface area contributed by atoms with E-state index in [1.165, 1.54) is 7.11 Å². The van der Waals surface area contributed by atoms with Gasteiger partial charge in [-0.25, -0.2) is 9.59 Å². The minimum atomic E-state index is -0.451. The molecule has 0 radical (unpaired) electrons. The lowest BCUT2D eigenvalue weighted by Gasteiger charge is -2.09. The van der Waals surface area contributed by atoms with Crippen molar-refractivity contribution < 1.29 is 14.3 Å². The maximum Gasteiger partial charge on any atom is 0.339 e. The molecule has 2 rings (SSSR count). The van der Waals surface area contributed by atoms with Crippen LogP contribution >= 0.6 is 15.9 Å². The number of nitrogens with one attached hydrogen (secondary N) is 2. The quantitative estimate of drug-likeness (QED) is 0.843. The Hall–Kier alpha value is -1.56.